The second kappa shape index (κ2) is 6.32. The van der Waals surface area contributed by atoms with E-state index in [0.29, 0.717) is 12.8 Å². The van der Waals surface area contributed by atoms with Gasteiger partial charge in [-0.3, -0.25) is 9.59 Å². The van der Waals surface area contributed by atoms with E-state index in [4.69, 9.17) is 23.4 Å². The van der Waals surface area contributed by atoms with Crippen molar-refractivity contribution in [2.75, 3.05) is 6.61 Å². The van der Waals surface area contributed by atoms with Gasteiger partial charge in [0.25, 0.3) is 0 Å². The molecule has 2 spiro atoms. The molecule has 0 unspecified atom stereocenters. The summed E-state index contributed by atoms with van der Waals surface area (Å²) in [5.74, 6) is -2.39. The molecule has 7 fully saturated rings. The Labute approximate surface area is 214 Å². The molecule has 3 aliphatic carbocycles. The van der Waals surface area contributed by atoms with E-state index in [1.165, 1.54) is 0 Å². The molecule has 4 aliphatic heterocycles. The number of carbonyl (C=O) groups excluding carboxylic acids is 3. The van der Waals surface area contributed by atoms with Crippen LogP contribution in [0.3, 0.4) is 0 Å². The van der Waals surface area contributed by atoms with Gasteiger partial charge in [0.15, 0.2) is 11.9 Å². The number of rotatable bonds is 1. The number of aliphatic hydroxyl groups excluding tert-OH is 1. The van der Waals surface area contributed by atoms with E-state index in [1.54, 1.807) is 18.6 Å². The molecule has 1 aromatic heterocycles. The van der Waals surface area contributed by atoms with Gasteiger partial charge in [0.05, 0.1) is 36.1 Å². The number of cyclic esters (lactones) is 2. The fourth-order valence-electron chi connectivity index (χ4n) is 11.0. The predicted octanol–water partition coefficient (Wildman–Crippen LogP) is 2.35. The fraction of sp³-hybridized carbons (Fsp3) is 0.750. The molecule has 2 bridgehead atoms. The maximum Gasteiger partial charge on any atom is 0.339 e. The smallest absolute Gasteiger partial charge is 0.339 e. The SMILES string of the molecule is CC1(C)O[C@H]2[C@@H]3CC[C@@H]4C[C@@]5(C)[C@H](c6ccoc6)OC(=O)[C@H]6O[C@]65[C@]5(C)[C@H](O)C(=O)[C@H]1[C@@]2(COC3=O)[C@@H]45. The van der Waals surface area contributed by atoms with Crippen LogP contribution in [0, 0.1) is 39.9 Å². The number of esters is 2. The highest BCUT2D eigenvalue weighted by Gasteiger charge is 2.92. The Balaban J connectivity index is 1.40. The molecule has 9 nitrogen and oxygen atoms in total. The number of carbonyl (C=O) groups is 3. The third kappa shape index (κ3) is 2.12. The van der Waals surface area contributed by atoms with Crippen LogP contribution in [0.15, 0.2) is 23.0 Å². The lowest BCUT2D eigenvalue weighted by Gasteiger charge is -2.68. The lowest BCUT2D eigenvalue weighted by Crippen LogP contribution is -2.77. The van der Waals surface area contributed by atoms with Crippen LogP contribution in [0.25, 0.3) is 0 Å². The van der Waals surface area contributed by atoms with Gasteiger partial charge in [-0.05, 0) is 51.0 Å². The molecule has 4 saturated heterocycles. The zero-order valence-corrected chi connectivity index (χ0v) is 21.4. The molecule has 9 heteroatoms. The summed E-state index contributed by atoms with van der Waals surface area (Å²) in [4.78, 5) is 40.7. The first-order valence-electron chi connectivity index (χ1n) is 13.4. The molecule has 3 saturated carbocycles. The van der Waals surface area contributed by atoms with Crippen LogP contribution in [0.1, 0.15) is 58.6 Å². The third-order valence-electron chi connectivity index (χ3n) is 11.8. The highest BCUT2D eigenvalue weighted by Crippen LogP contribution is 2.82. The van der Waals surface area contributed by atoms with Crippen molar-refractivity contribution in [2.24, 2.45) is 39.9 Å². The number of hydrogen-bond acceptors (Lipinski definition) is 9. The number of Topliss-reactive ketones (excluding diaryl/α,β-unsaturated/α-hetero) is 1. The summed E-state index contributed by atoms with van der Waals surface area (Å²) >= 11 is 0. The van der Waals surface area contributed by atoms with Crippen molar-refractivity contribution in [2.45, 2.75) is 82.6 Å². The minimum absolute atomic E-state index is 0.0291. The molecule has 12 atom stereocenters. The Morgan fingerprint density at radius 3 is 2.51 bits per heavy atom. The van der Waals surface area contributed by atoms with Crippen molar-refractivity contribution in [3.63, 3.8) is 0 Å². The fourth-order valence-corrected chi connectivity index (χ4v) is 11.0. The summed E-state index contributed by atoms with van der Waals surface area (Å²) in [5.41, 5.74) is -3.91. The highest BCUT2D eigenvalue weighted by molar-refractivity contribution is 5.92. The van der Waals surface area contributed by atoms with Crippen LogP contribution in [0.4, 0.5) is 0 Å². The molecule has 198 valence electrons. The van der Waals surface area contributed by atoms with Gasteiger partial charge >= 0.3 is 11.9 Å². The summed E-state index contributed by atoms with van der Waals surface area (Å²) in [6.45, 7) is 7.84. The Bertz CT molecular complexity index is 1250. The third-order valence-corrected chi connectivity index (χ3v) is 11.8. The quantitative estimate of drug-likeness (QED) is 0.446. The van der Waals surface area contributed by atoms with Crippen LogP contribution in [0.5, 0.6) is 0 Å². The Hall–Kier alpha value is -2.23. The minimum Gasteiger partial charge on any atom is -0.472 e. The average molecular weight is 513 g/mol. The van der Waals surface area contributed by atoms with E-state index in [0.717, 1.165) is 12.0 Å². The van der Waals surface area contributed by atoms with Gasteiger partial charge in [0.1, 0.15) is 24.4 Å². The Kier molecular flexibility index (Phi) is 3.88. The largest absolute Gasteiger partial charge is 0.472 e. The summed E-state index contributed by atoms with van der Waals surface area (Å²) in [6, 6.07) is 1.79. The van der Waals surface area contributed by atoms with Gasteiger partial charge in [-0.15, -0.1) is 0 Å². The molecule has 5 heterocycles. The number of furan rings is 1. The van der Waals surface area contributed by atoms with Crippen LogP contribution in [-0.4, -0.2) is 58.9 Å². The molecule has 1 aromatic rings. The van der Waals surface area contributed by atoms with Gasteiger partial charge < -0.3 is 28.5 Å². The summed E-state index contributed by atoms with van der Waals surface area (Å²) < 4.78 is 30.3. The maximum atomic E-state index is 14.3. The van der Waals surface area contributed by atoms with Crippen molar-refractivity contribution in [1.29, 1.82) is 0 Å². The molecule has 37 heavy (non-hydrogen) atoms. The van der Waals surface area contributed by atoms with Gasteiger partial charge in [-0.25, -0.2) is 4.79 Å². The average Bonchev–Trinajstić information content (AvgIpc) is 3.34. The molecule has 1 N–H and O–H groups in total. The van der Waals surface area contributed by atoms with E-state index < -0.39 is 69.7 Å². The Morgan fingerprint density at radius 2 is 1.78 bits per heavy atom. The minimum atomic E-state index is -1.37. The summed E-state index contributed by atoms with van der Waals surface area (Å²) in [6.07, 6.45) is 1.70. The number of aliphatic hydroxyl groups is 1. The monoisotopic (exact) mass is 512 g/mol. The maximum absolute atomic E-state index is 14.3. The number of ketones is 1. The zero-order chi connectivity index (χ0) is 25.9. The van der Waals surface area contributed by atoms with Crippen LogP contribution in [0.2, 0.25) is 0 Å². The van der Waals surface area contributed by atoms with Crippen LogP contribution >= 0.6 is 0 Å². The van der Waals surface area contributed by atoms with Gasteiger partial charge in [0, 0.05) is 21.8 Å². The van der Waals surface area contributed by atoms with E-state index in [9.17, 15) is 19.5 Å². The van der Waals surface area contributed by atoms with Crippen molar-refractivity contribution in [3.8, 4) is 0 Å². The second-order valence-electron chi connectivity index (χ2n) is 13.5. The van der Waals surface area contributed by atoms with Crippen molar-refractivity contribution < 1.29 is 42.9 Å². The first-order chi connectivity index (χ1) is 17.4. The van der Waals surface area contributed by atoms with Crippen LogP contribution in [-0.2, 0) is 33.3 Å². The van der Waals surface area contributed by atoms with Crippen LogP contribution < -0.4 is 0 Å². The molecular formula is C28H32O9. The lowest BCUT2D eigenvalue weighted by molar-refractivity contribution is -0.266. The van der Waals surface area contributed by atoms with Crippen molar-refractivity contribution >= 4 is 17.7 Å². The zero-order valence-electron chi connectivity index (χ0n) is 21.4. The molecule has 0 aromatic carbocycles. The van der Waals surface area contributed by atoms with Gasteiger partial charge in [-0.2, -0.15) is 0 Å². The van der Waals surface area contributed by atoms with Crippen molar-refractivity contribution in [3.05, 3.63) is 24.2 Å². The number of epoxide rings is 1. The predicted molar refractivity (Wildman–Crippen MR) is 123 cm³/mol. The Morgan fingerprint density at radius 1 is 1.00 bits per heavy atom. The molecule has 0 radical (unpaired) electrons. The van der Waals surface area contributed by atoms with E-state index in [1.807, 2.05) is 20.8 Å². The number of hydrogen-bond donors (Lipinski definition) is 1. The first kappa shape index (κ1) is 22.7. The highest BCUT2D eigenvalue weighted by atomic mass is 16.7. The summed E-state index contributed by atoms with van der Waals surface area (Å²) in [7, 11) is 0. The topological polar surface area (TPSA) is 125 Å². The second-order valence-corrected chi connectivity index (χ2v) is 13.5. The summed E-state index contributed by atoms with van der Waals surface area (Å²) in [5, 5.41) is 12.1. The molecular weight excluding hydrogens is 480 g/mol. The standard InChI is InChI=1S/C28H32O9/c1-24(2)17-15(29)18(30)26(4)16-12(5-6-14-20(36-24)27(16,17)11-34-22(14)31)9-25(3)19(13-7-8-33-10-13)35-23(32)21-28(25,26)37-21/h7-8,10,12,14,16-21,30H,5-6,9,11H2,1-4H3/t12-,14+,16+,17-,18-,19+,20+,21-,25+,26+,27-,28-/m1/s1. The van der Waals surface area contributed by atoms with Gasteiger partial charge in [0.2, 0.25) is 0 Å². The van der Waals surface area contributed by atoms with Crippen molar-refractivity contribution in [1.82, 2.24) is 0 Å². The number of ether oxygens (including phenoxy) is 4. The molecule has 7 aliphatic rings. The lowest BCUT2D eigenvalue weighted by atomic mass is 9.34. The first-order valence-corrected chi connectivity index (χ1v) is 13.4. The van der Waals surface area contributed by atoms with E-state index >= 15 is 0 Å². The molecule has 0 amide bonds. The van der Waals surface area contributed by atoms with Gasteiger partial charge in [-0.1, -0.05) is 13.8 Å². The molecule has 8 rings (SSSR count). The van der Waals surface area contributed by atoms with E-state index in [2.05, 4.69) is 6.92 Å². The normalized spacial score (nSPS) is 56.3. The van der Waals surface area contributed by atoms with E-state index in [-0.39, 0.29) is 30.2 Å².